The predicted molar refractivity (Wildman–Crippen MR) is 221 cm³/mol. The summed E-state index contributed by atoms with van der Waals surface area (Å²) >= 11 is 0. The van der Waals surface area contributed by atoms with Crippen LogP contribution in [0.25, 0.3) is 0 Å². The zero-order chi connectivity index (χ0) is 34.4. The number of aryl methyl sites for hydroxylation is 2. The molecule has 49 heavy (non-hydrogen) atoms. The minimum Gasteiger partial charge on any atom is -0.317 e. The highest BCUT2D eigenvalue weighted by Crippen LogP contribution is 2.16. The van der Waals surface area contributed by atoms with Crippen LogP contribution in [0.4, 0.5) is 0 Å². The average Bonchev–Trinajstić information content (AvgIpc) is 3.13. The number of hydrogen-bond donors (Lipinski definition) is 1. The molecular weight excluding hydrogens is 591 g/mol. The molecule has 1 heteroatoms. The van der Waals surface area contributed by atoms with Crippen LogP contribution >= 0.6 is 0 Å². The summed E-state index contributed by atoms with van der Waals surface area (Å²) < 4.78 is 0. The molecule has 0 saturated heterocycles. The smallest absolute Gasteiger partial charge is 0.00489 e. The summed E-state index contributed by atoms with van der Waals surface area (Å²) in [6, 6.07) is 22.0. The molecule has 0 saturated carbocycles. The minimum absolute atomic E-state index is 1.24. The standard InChI is InChI=1S/C48H83N/c1(5-9-13-17-21-25-31-39-47-41-33-29-34-42-47)3-7-11-15-19-23-27-37-45-49-46-38-28-24-20-16-12-8-4-2-6-10-14-18-22-26-32-40-48-43-35-30-36-44-48/h29-30,33-36,41-44,49H,1-28,31-32,37-40,45-46H2. The molecule has 0 bridgehead atoms. The van der Waals surface area contributed by atoms with Gasteiger partial charge in [0.1, 0.15) is 0 Å². The molecule has 0 spiro atoms. The van der Waals surface area contributed by atoms with Crippen molar-refractivity contribution in [3.8, 4) is 0 Å². The van der Waals surface area contributed by atoms with Crippen LogP contribution in [0.2, 0.25) is 0 Å². The Hall–Kier alpha value is -1.60. The number of hydrogen-bond acceptors (Lipinski definition) is 1. The first-order valence-electron chi connectivity index (χ1n) is 22.2. The maximum Gasteiger partial charge on any atom is -0.00489 e. The maximum absolute atomic E-state index is 3.70. The summed E-state index contributed by atoms with van der Waals surface area (Å²) in [4.78, 5) is 0. The maximum atomic E-state index is 3.70. The second kappa shape index (κ2) is 36.2. The van der Waals surface area contributed by atoms with Gasteiger partial charge in [-0.2, -0.15) is 0 Å². The van der Waals surface area contributed by atoms with Gasteiger partial charge in [-0.3, -0.25) is 0 Å². The summed E-state index contributed by atoms with van der Waals surface area (Å²) in [6.45, 7) is 2.48. The van der Waals surface area contributed by atoms with E-state index in [0.29, 0.717) is 0 Å². The Morgan fingerprint density at radius 1 is 0.224 bits per heavy atom. The van der Waals surface area contributed by atoms with Gasteiger partial charge in [-0.15, -0.1) is 0 Å². The third-order valence-electron chi connectivity index (χ3n) is 10.8. The van der Waals surface area contributed by atoms with Crippen molar-refractivity contribution in [1.82, 2.24) is 5.32 Å². The fraction of sp³-hybridized carbons (Fsp3) is 0.750. The van der Waals surface area contributed by atoms with Gasteiger partial charge in [0.05, 0.1) is 0 Å². The molecule has 2 aromatic rings. The molecule has 0 aliphatic carbocycles. The summed E-state index contributed by atoms with van der Waals surface area (Å²) in [5, 5.41) is 3.70. The lowest BCUT2D eigenvalue weighted by Gasteiger charge is -2.06. The molecule has 2 rings (SSSR count). The fourth-order valence-electron chi connectivity index (χ4n) is 7.52. The molecule has 2 aromatic carbocycles. The van der Waals surface area contributed by atoms with E-state index in [2.05, 4.69) is 66.0 Å². The number of nitrogens with one attached hydrogen (secondary N) is 1. The minimum atomic E-state index is 1.24. The molecule has 0 aromatic heterocycles. The van der Waals surface area contributed by atoms with E-state index in [-0.39, 0.29) is 0 Å². The van der Waals surface area contributed by atoms with Crippen LogP contribution in [0.1, 0.15) is 217 Å². The van der Waals surface area contributed by atoms with Crippen molar-refractivity contribution in [2.45, 2.75) is 218 Å². The second-order valence-electron chi connectivity index (χ2n) is 15.5. The highest BCUT2D eigenvalue weighted by atomic mass is 14.8. The molecule has 280 valence electrons. The van der Waals surface area contributed by atoms with Gasteiger partial charge in [-0.05, 0) is 62.7 Å². The van der Waals surface area contributed by atoms with Crippen molar-refractivity contribution in [2.24, 2.45) is 0 Å². The van der Waals surface area contributed by atoms with E-state index in [0.717, 1.165) is 0 Å². The Balaban J connectivity index is 1.12. The largest absolute Gasteiger partial charge is 0.317 e. The molecule has 1 nitrogen and oxygen atoms in total. The zero-order valence-electron chi connectivity index (χ0n) is 32.7. The van der Waals surface area contributed by atoms with E-state index in [1.807, 2.05) is 0 Å². The van der Waals surface area contributed by atoms with Gasteiger partial charge in [0.15, 0.2) is 0 Å². The quantitative estimate of drug-likeness (QED) is 0.0700. The lowest BCUT2D eigenvalue weighted by Crippen LogP contribution is -2.16. The highest BCUT2D eigenvalue weighted by Gasteiger charge is 1.98. The summed E-state index contributed by atoms with van der Waals surface area (Å²) in [6.07, 6.45) is 48.7. The van der Waals surface area contributed by atoms with Crippen LogP contribution in [0.5, 0.6) is 0 Å². The fourth-order valence-corrected chi connectivity index (χ4v) is 7.52. The average molecular weight is 674 g/mol. The van der Waals surface area contributed by atoms with Crippen LogP contribution in [0.3, 0.4) is 0 Å². The normalized spacial score (nSPS) is 11.4. The Labute approximate surface area is 307 Å². The Morgan fingerprint density at radius 2 is 0.429 bits per heavy atom. The highest BCUT2D eigenvalue weighted by molar-refractivity contribution is 5.15. The molecule has 0 aliphatic rings. The van der Waals surface area contributed by atoms with Gasteiger partial charge in [0, 0.05) is 0 Å². The molecular formula is C48H83N. The van der Waals surface area contributed by atoms with E-state index in [1.54, 1.807) is 0 Å². The molecule has 0 amide bonds. The van der Waals surface area contributed by atoms with Crippen LogP contribution in [0.15, 0.2) is 60.7 Å². The molecule has 0 atom stereocenters. The molecule has 0 heterocycles. The SMILES string of the molecule is c1ccc(CCCCCCCCCCCCCCCCCCNCCCCCCCCCCCCCCCCCCc2ccccc2)cc1. The van der Waals surface area contributed by atoms with E-state index < -0.39 is 0 Å². The number of unbranched alkanes of at least 4 members (excludes halogenated alkanes) is 30. The molecule has 0 radical (unpaired) electrons. The van der Waals surface area contributed by atoms with E-state index in [1.165, 1.54) is 243 Å². The summed E-state index contributed by atoms with van der Waals surface area (Å²) in [5.74, 6) is 0. The summed E-state index contributed by atoms with van der Waals surface area (Å²) in [7, 11) is 0. The first-order valence-corrected chi connectivity index (χ1v) is 22.2. The Bertz CT molecular complexity index is 803. The third kappa shape index (κ3) is 30.9. The van der Waals surface area contributed by atoms with Gasteiger partial charge in [-0.1, -0.05) is 240 Å². The van der Waals surface area contributed by atoms with E-state index in [9.17, 15) is 0 Å². The van der Waals surface area contributed by atoms with Gasteiger partial charge >= 0.3 is 0 Å². The Morgan fingerprint density at radius 3 is 0.673 bits per heavy atom. The lowest BCUT2D eigenvalue weighted by molar-refractivity contribution is 0.515. The third-order valence-corrected chi connectivity index (χ3v) is 10.8. The van der Waals surface area contributed by atoms with Gasteiger partial charge in [0.2, 0.25) is 0 Å². The monoisotopic (exact) mass is 674 g/mol. The van der Waals surface area contributed by atoms with E-state index >= 15 is 0 Å². The molecule has 0 aliphatic heterocycles. The molecule has 0 fully saturated rings. The first-order chi connectivity index (χ1) is 24.4. The zero-order valence-corrected chi connectivity index (χ0v) is 32.7. The first kappa shape index (κ1) is 43.6. The topological polar surface area (TPSA) is 12.0 Å². The number of rotatable bonds is 38. The van der Waals surface area contributed by atoms with Crippen molar-refractivity contribution >= 4 is 0 Å². The molecule has 0 unspecified atom stereocenters. The lowest BCUT2D eigenvalue weighted by atomic mass is 10.0. The van der Waals surface area contributed by atoms with Gasteiger partial charge < -0.3 is 5.32 Å². The van der Waals surface area contributed by atoms with Crippen molar-refractivity contribution in [3.63, 3.8) is 0 Å². The van der Waals surface area contributed by atoms with Crippen LogP contribution < -0.4 is 5.32 Å². The second-order valence-corrected chi connectivity index (χ2v) is 15.5. The van der Waals surface area contributed by atoms with Crippen LogP contribution in [0, 0.1) is 0 Å². The van der Waals surface area contributed by atoms with Crippen molar-refractivity contribution in [3.05, 3.63) is 71.8 Å². The van der Waals surface area contributed by atoms with Crippen LogP contribution in [-0.4, -0.2) is 13.1 Å². The Kier molecular flexibility index (Phi) is 32.2. The summed E-state index contributed by atoms with van der Waals surface area (Å²) in [5.41, 5.74) is 3.01. The van der Waals surface area contributed by atoms with Crippen molar-refractivity contribution < 1.29 is 0 Å². The van der Waals surface area contributed by atoms with Crippen LogP contribution in [-0.2, 0) is 12.8 Å². The predicted octanol–water partition coefficient (Wildman–Crippen LogP) is 15.5. The van der Waals surface area contributed by atoms with E-state index in [4.69, 9.17) is 0 Å². The van der Waals surface area contributed by atoms with Crippen molar-refractivity contribution in [1.29, 1.82) is 0 Å². The number of benzene rings is 2. The van der Waals surface area contributed by atoms with Crippen molar-refractivity contribution in [2.75, 3.05) is 13.1 Å². The van der Waals surface area contributed by atoms with Gasteiger partial charge in [0.25, 0.3) is 0 Å². The molecule has 1 N–H and O–H groups in total. The van der Waals surface area contributed by atoms with Gasteiger partial charge in [-0.25, -0.2) is 0 Å².